The minimum Gasteiger partial charge on any atom is -0.508 e. The largest absolute Gasteiger partial charge is 0.508 e. The molecule has 4 heteroatoms. The van der Waals surface area contributed by atoms with Gasteiger partial charge in [-0.1, -0.05) is 12.1 Å². The molecule has 0 aromatic heterocycles. The van der Waals surface area contributed by atoms with Gasteiger partial charge in [0.25, 0.3) is 0 Å². The fraction of sp³-hybridized carbons (Fsp3) is 0.462. The first-order valence-corrected chi connectivity index (χ1v) is 5.81. The maximum atomic E-state index is 11.8. The summed E-state index contributed by atoms with van der Waals surface area (Å²) in [7, 11) is 0. The molecule has 1 heterocycles. The van der Waals surface area contributed by atoms with Gasteiger partial charge >= 0.3 is 0 Å². The molecule has 0 spiro atoms. The van der Waals surface area contributed by atoms with Crippen molar-refractivity contribution in [2.45, 2.75) is 19.4 Å². The first-order chi connectivity index (χ1) is 8.11. The number of carbonyl (C=O) groups is 1. The second-order valence-electron chi connectivity index (χ2n) is 4.57. The molecule has 2 rings (SSSR count). The van der Waals surface area contributed by atoms with Crippen LogP contribution in [0.3, 0.4) is 0 Å². The first-order valence-electron chi connectivity index (χ1n) is 5.81. The van der Waals surface area contributed by atoms with Crippen molar-refractivity contribution in [2.75, 3.05) is 13.2 Å². The molecule has 1 amide bonds. The van der Waals surface area contributed by atoms with E-state index in [0.717, 1.165) is 5.56 Å². The predicted molar refractivity (Wildman–Crippen MR) is 63.4 cm³/mol. The molecule has 0 radical (unpaired) electrons. The molecule has 0 saturated carbocycles. The monoisotopic (exact) mass is 235 g/mol. The number of likely N-dealkylation sites (tertiary alicyclic amines) is 1. The number of aliphatic hydroxyl groups excluding tert-OH is 1. The van der Waals surface area contributed by atoms with Crippen LogP contribution in [0.15, 0.2) is 24.3 Å². The summed E-state index contributed by atoms with van der Waals surface area (Å²) in [5.41, 5.74) is 0.995. The van der Waals surface area contributed by atoms with Crippen LogP contribution in [-0.4, -0.2) is 34.2 Å². The van der Waals surface area contributed by atoms with Crippen molar-refractivity contribution in [1.82, 2.24) is 4.90 Å². The highest BCUT2D eigenvalue weighted by molar-refractivity contribution is 5.79. The van der Waals surface area contributed by atoms with E-state index >= 15 is 0 Å². The molecular weight excluding hydrogens is 218 g/mol. The molecule has 1 aliphatic rings. The van der Waals surface area contributed by atoms with Crippen molar-refractivity contribution in [3.63, 3.8) is 0 Å². The highest BCUT2D eigenvalue weighted by Crippen LogP contribution is 2.28. The molecule has 2 unspecified atom stereocenters. The van der Waals surface area contributed by atoms with Gasteiger partial charge in [0.05, 0.1) is 6.04 Å². The van der Waals surface area contributed by atoms with Gasteiger partial charge in [-0.15, -0.1) is 0 Å². The summed E-state index contributed by atoms with van der Waals surface area (Å²) in [4.78, 5) is 13.6. The van der Waals surface area contributed by atoms with Crippen LogP contribution in [0, 0.1) is 5.92 Å². The van der Waals surface area contributed by atoms with Crippen LogP contribution >= 0.6 is 0 Å². The normalized spacial score (nSPS) is 21.9. The highest BCUT2D eigenvalue weighted by atomic mass is 16.3. The second kappa shape index (κ2) is 4.75. The smallest absolute Gasteiger partial charge is 0.223 e. The van der Waals surface area contributed by atoms with Gasteiger partial charge < -0.3 is 15.1 Å². The SMILES string of the molecule is CC(c1ccc(O)cc1)N1CC(CO)CC1=O. The zero-order valence-electron chi connectivity index (χ0n) is 9.84. The van der Waals surface area contributed by atoms with Gasteiger partial charge in [-0.05, 0) is 24.6 Å². The van der Waals surface area contributed by atoms with E-state index < -0.39 is 0 Å². The molecule has 1 aliphatic heterocycles. The molecule has 0 aliphatic carbocycles. The van der Waals surface area contributed by atoms with Crippen molar-refractivity contribution in [2.24, 2.45) is 5.92 Å². The topological polar surface area (TPSA) is 60.8 Å². The summed E-state index contributed by atoms with van der Waals surface area (Å²) >= 11 is 0. The lowest BCUT2D eigenvalue weighted by Crippen LogP contribution is -2.28. The zero-order chi connectivity index (χ0) is 12.4. The van der Waals surface area contributed by atoms with Gasteiger partial charge in [0.2, 0.25) is 5.91 Å². The van der Waals surface area contributed by atoms with Gasteiger partial charge in [0, 0.05) is 25.5 Å². The third-order valence-corrected chi connectivity index (χ3v) is 3.34. The van der Waals surface area contributed by atoms with E-state index in [-0.39, 0.29) is 30.2 Å². The molecule has 17 heavy (non-hydrogen) atoms. The number of rotatable bonds is 3. The Morgan fingerprint density at radius 1 is 1.41 bits per heavy atom. The van der Waals surface area contributed by atoms with E-state index in [0.29, 0.717) is 13.0 Å². The fourth-order valence-electron chi connectivity index (χ4n) is 2.24. The fourth-order valence-corrected chi connectivity index (χ4v) is 2.24. The van der Waals surface area contributed by atoms with Crippen LogP contribution in [0.25, 0.3) is 0 Å². The lowest BCUT2D eigenvalue weighted by molar-refractivity contribution is -0.129. The van der Waals surface area contributed by atoms with Crippen LogP contribution in [0.5, 0.6) is 5.75 Å². The maximum absolute atomic E-state index is 11.8. The van der Waals surface area contributed by atoms with Gasteiger partial charge in [0.15, 0.2) is 0 Å². The van der Waals surface area contributed by atoms with Gasteiger partial charge in [0.1, 0.15) is 5.75 Å². The number of amides is 1. The van der Waals surface area contributed by atoms with Crippen LogP contribution in [0.4, 0.5) is 0 Å². The molecule has 1 saturated heterocycles. The van der Waals surface area contributed by atoms with E-state index in [4.69, 9.17) is 5.11 Å². The third kappa shape index (κ3) is 2.42. The number of phenolic OH excluding ortho intramolecular Hbond substituents is 1. The minimum atomic E-state index is -0.0142. The standard InChI is InChI=1S/C13H17NO3/c1-9(11-2-4-12(16)5-3-11)14-7-10(8-15)6-13(14)17/h2-5,9-10,15-16H,6-8H2,1H3. The Morgan fingerprint density at radius 3 is 2.59 bits per heavy atom. The van der Waals surface area contributed by atoms with E-state index in [9.17, 15) is 9.90 Å². The summed E-state index contributed by atoms with van der Waals surface area (Å²) in [6, 6.07) is 6.87. The molecule has 1 aromatic carbocycles. The minimum absolute atomic E-state index is 0.0142. The van der Waals surface area contributed by atoms with Crippen molar-refractivity contribution in [3.05, 3.63) is 29.8 Å². The number of benzene rings is 1. The van der Waals surface area contributed by atoms with Crippen molar-refractivity contribution in [1.29, 1.82) is 0 Å². The van der Waals surface area contributed by atoms with E-state index in [1.54, 1.807) is 17.0 Å². The molecule has 1 fully saturated rings. The van der Waals surface area contributed by atoms with Crippen LogP contribution in [0.1, 0.15) is 24.9 Å². The Morgan fingerprint density at radius 2 is 2.06 bits per heavy atom. The van der Waals surface area contributed by atoms with Gasteiger partial charge in [-0.3, -0.25) is 4.79 Å². The van der Waals surface area contributed by atoms with Crippen LogP contribution < -0.4 is 0 Å². The third-order valence-electron chi connectivity index (χ3n) is 3.34. The Hall–Kier alpha value is -1.55. The number of phenols is 1. The quantitative estimate of drug-likeness (QED) is 0.830. The average Bonchev–Trinajstić information content (AvgIpc) is 2.71. The van der Waals surface area contributed by atoms with Crippen molar-refractivity contribution < 1.29 is 15.0 Å². The van der Waals surface area contributed by atoms with Crippen LogP contribution in [0.2, 0.25) is 0 Å². The molecule has 0 bridgehead atoms. The predicted octanol–water partition coefficient (Wildman–Crippen LogP) is 1.29. The average molecular weight is 235 g/mol. The Kier molecular flexibility index (Phi) is 3.33. The Balaban J connectivity index is 2.12. The Labute approximate surface area is 100 Å². The van der Waals surface area contributed by atoms with E-state index in [1.807, 2.05) is 19.1 Å². The Bertz CT molecular complexity index is 402. The van der Waals surface area contributed by atoms with E-state index in [2.05, 4.69) is 0 Å². The lowest BCUT2D eigenvalue weighted by Gasteiger charge is -2.25. The summed E-state index contributed by atoms with van der Waals surface area (Å²) in [5.74, 6) is 0.369. The number of aromatic hydroxyl groups is 1. The summed E-state index contributed by atoms with van der Waals surface area (Å²) in [5, 5.41) is 18.3. The second-order valence-corrected chi connectivity index (χ2v) is 4.57. The maximum Gasteiger partial charge on any atom is 0.223 e. The number of carbonyl (C=O) groups excluding carboxylic acids is 1. The zero-order valence-corrected chi connectivity index (χ0v) is 9.84. The number of aliphatic hydroxyl groups is 1. The van der Waals surface area contributed by atoms with E-state index in [1.165, 1.54) is 0 Å². The molecule has 2 atom stereocenters. The molecule has 1 aromatic rings. The van der Waals surface area contributed by atoms with Gasteiger partial charge in [-0.25, -0.2) is 0 Å². The summed E-state index contributed by atoms with van der Waals surface area (Å²) in [6.07, 6.45) is 0.429. The number of hydrogen-bond acceptors (Lipinski definition) is 3. The molecule has 92 valence electrons. The first kappa shape index (κ1) is 11.9. The number of nitrogens with zero attached hydrogens (tertiary/aromatic N) is 1. The van der Waals surface area contributed by atoms with Crippen LogP contribution in [-0.2, 0) is 4.79 Å². The molecule has 4 nitrogen and oxygen atoms in total. The van der Waals surface area contributed by atoms with Crippen molar-refractivity contribution in [3.8, 4) is 5.75 Å². The highest BCUT2D eigenvalue weighted by Gasteiger charge is 2.32. The summed E-state index contributed by atoms with van der Waals surface area (Å²) < 4.78 is 0. The lowest BCUT2D eigenvalue weighted by atomic mass is 10.1. The molecular formula is C13H17NO3. The number of hydrogen-bond donors (Lipinski definition) is 2. The van der Waals surface area contributed by atoms with Crippen molar-refractivity contribution >= 4 is 5.91 Å². The summed E-state index contributed by atoms with van der Waals surface area (Å²) in [6.45, 7) is 2.63. The molecule has 2 N–H and O–H groups in total. The van der Waals surface area contributed by atoms with Gasteiger partial charge in [-0.2, -0.15) is 0 Å².